The minimum absolute atomic E-state index is 0.187. The molecule has 1 atom stereocenters. The first-order valence-electron chi connectivity index (χ1n) is 5.98. The number of rotatable bonds is 7. The van der Waals surface area contributed by atoms with E-state index >= 15 is 0 Å². The Morgan fingerprint density at radius 3 is 3.00 bits per heavy atom. The maximum Gasteiger partial charge on any atom is 0.305 e. The number of imidazole rings is 1. The lowest BCUT2D eigenvalue weighted by Crippen LogP contribution is -2.08. The van der Waals surface area contributed by atoms with Gasteiger partial charge in [-0.15, -0.1) is 11.6 Å². The molecule has 0 spiro atoms. The van der Waals surface area contributed by atoms with Crippen molar-refractivity contribution in [2.24, 2.45) is 0 Å². The van der Waals surface area contributed by atoms with Crippen molar-refractivity contribution < 1.29 is 9.53 Å². The first-order chi connectivity index (χ1) is 8.19. The maximum atomic E-state index is 11.2. The zero-order valence-electron chi connectivity index (χ0n) is 10.4. The van der Waals surface area contributed by atoms with Gasteiger partial charge in [-0.25, -0.2) is 4.98 Å². The first-order valence-corrected chi connectivity index (χ1v) is 6.42. The van der Waals surface area contributed by atoms with Gasteiger partial charge in [-0.05, 0) is 19.8 Å². The standard InChI is InChI=1S/C12H19ClN2O2/c1-3-7-15-9-14-8-11(15)10(13)5-6-12(16)17-4-2/h8-10H,3-7H2,1-2H3. The highest BCUT2D eigenvalue weighted by molar-refractivity contribution is 6.20. The zero-order valence-corrected chi connectivity index (χ0v) is 11.1. The van der Waals surface area contributed by atoms with Crippen molar-refractivity contribution in [2.45, 2.75) is 45.0 Å². The molecule has 0 bridgehead atoms. The molecule has 0 amide bonds. The number of aryl methyl sites for hydroxylation is 1. The molecule has 1 heterocycles. The number of hydrogen-bond donors (Lipinski definition) is 0. The Bertz CT molecular complexity index is 352. The van der Waals surface area contributed by atoms with Gasteiger partial charge < -0.3 is 9.30 Å². The van der Waals surface area contributed by atoms with Gasteiger partial charge in [-0.1, -0.05) is 6.92 Å². The number of halogens is 1. The smallest absolute Gasteiger partial charge is 0.305 e. The van der Waals surface area contributed by atoms with E-state index in [1.54, 1.807) is 19.4 Å². The largest absolute Gasteiger partial charge is 0.466 e. The van der Waals surface area contributed by atoms with Gasteiger partial charge in [-0.2, -0.15) is 0 Å². The molecule has 4 nitrogen and oxygen atoms in total. The van der Waals surface area contributed by atoms with Gasteiger partial charge in [0.2, 0.25) is 0 Å². The molecule has 0 fully saturated rings. The summed E-state index contributed by atoms with van der Waals surface area (Å²) in [4.78, 5) is 15.3. The summed E-state index contributed by atoms with van der Waals surface area (Å²) in [6, 6.07) is 0. The summed E-state index contributed by atoms with van der Waals surface area (Å²) in [5.41, 5.74) is 0.970. The van der Waals surface area contributed by atoms with Gasteiger partial charge in [0.1, 0.15) is 0 Å². The molecule has 96 valence electrons. The Morgan fingerprint density at radius 1 is 1.59 bits per heavy atom. The van der Waals surface area contributed by atoms with E-state index in [0.717, 1.165) is 18.7 Å². The lowest BCUT2D eigenvalue weighted by Gasteiger charge is -2.12. The Kier molecular flexibility index (Phi) is 6.05. The van der Waals surface area contributed by atoms with E-state index in [1.165, 1.54) is 0 Å². The number of esters is 1. The van der Waals surface area contributed by atoms with Crippen LogP contribution in [-0.4, -0.2) is 22.1 Å². The van der Waals surface area contributed by atoms with E-state index in [9.17, 15) is 4.79 Å². The normalized spacial score (nSPS) is 12.4. The summed E-state index contributed by atoms with van der Waals surface area (Å²) in [6.45, 7) is 5.22. The molecular weight excluding hydrogens is 240 g/mol. The summed E-state index contributed by atoms with van der Waals surface area (Å²) in [7, 11) is 0. The fourth-order valence-electron chi connectivity index (χ4n) is 1.65. The van der Waals surface area contributed by atoms with Crippen LogP contribution in [0.5, 0.6) is 0 Å². The van der Waals surface area contributed by atoms with Crippen molar-refractivity contribution in [1.82, 2.24) is 9.55 Å². The molecule has 1 rings (SSSR count). The first kappa shape index (κ1) is 14.0. The topological polar surface area (TPSA) is 44.1 Å². The van der Waals surface area contributed by atoms with Gasteiger partial charge >= 0.3 is 5.97 Å². The third-order valence-corrected chi connectivity index (χ3v) is 2.88. The van der Waals surface area contributed by atoms with Crippen molar-refractivity contribution >= 4 is 17.6 Å². The van der Waals surface area contributed by atoms with Crippen LogP contribution in [-0.2, 0) is 16.1 Å². The van der Waals surface area contributed by atoms with Crippen LogP contribution < -0.4 is 0 Å². The highest BCUT2D eigenvalue weighted by Gasteiger charge is 2.15. The summed E-state index contributed by atoms with van der Waals surface area (Å²) < 4.78 is 6.90. The molecule has 0 aliphatic carbocycles. The second-order valence-electron chi connectivity index (χ2n) is 3.82. The highest BCUT2D eigenvalue weighted by Crippen LogP contribution is 2.25. The summed E-state index contributed by atoms with van der Waals surface area (Å²) in [5, 5.41) is -0.187. The summed E-state index contributed by atoms with van der Waals surface area (Å²) >= 11 is 6.26. The minimum Gasteiger partial charge on any atom is -0.466 e. The van der Waals surface area contributed by atoms with E-state index in [0.29, 0.717) is 19.4 Å². The third-order valence-electron chi connectivity index (χ3n) is 2.44. The average molecular weight is 259 g/mol. The van der Waals surface area contributed by atoms with Crippen molar-refractivity contribution in [1.29, 1.82) is 0 Å². The van der Waals surface area contributed by atoms with Crippen molar-refractivity contribution in [3.63, 3.8) is 0 Å². The number of carbonyl (C=O) groups excluding carboxylic acids is 1. The molecule has 0 saturated heterocycles. The van der Waals surface area contributed by atoms with E-state index in [-0.39, 0.29) is 11.3 Å². The highest BCUT2D eigenvalue weighted by atomic mass is 35.5. The SMILES string of the molecule is CCCn1cncc1C(Cl)CCC(=O)OCC. The Labute approximate surface area is 107 Å². The molecule has 0 aliphatic rings. The van der Waals surface area contributed by atoms with Crippen LogP contribution in [0.1, 0.15) is 44.2 Å². The number of ether oxygens (including phenoxy) is 1. The zero-order chi connectivity index (χ0) is 12.7. The van der Waals surface area contributed by atoms with Crippen LogP contribution in [0, 0.1) is 0 Å². The summed E-state index contributed by atoms with van der Waals surface area (Å²) in [5.74, 6) is -0.195. The van der Waals surface area contributed by atoms with Crippen LogP contribution in [0.15, 0.2) is 12.5 Å². The third kappa shape index (κ3) is 4.38. The fraction of sp³-hybridized carbons (Fsp3) is 0.667. The molecule has 0 radical (unpaired) electrons. The number of alkyl halides is 1. The molecule has 0 aliphatic heterocycles. The maximum absolute atomic E-state index is 11.2. The van der Waals surface area contributed by atoms with E-state index in [1.807, 2.05) is 4.57 Å². The number of hydrogen-bond acceptors (Lipinski definition) is 3. The number of nitrogens with zero attached hydrogens (tertiary/aromatic N) is 2. The molecular formula is C12H19ClN2O2. The lowest BCUT2D eigenvalue weighted by molar-refractivity contribution is -0.143. The predicted molar refractivity (Wildman–Crippen MR) is 67.0 cm³/mol. The van der Waals surface area contributed by atoms with Crippen molar-refractivity contribution in [2.75, 3.05) is 6.61 Å². The second-order valence-corrected chi connectivity index (χ2v) is 4.35. The monoisotopic (exact) mass is 258 g/mol. The quantitative estimate of drug-likeness (QED) is 0.558. The Balaban J connectivity index is 2.48. The second kappa shape index (κ2) is 7.33. The van der Waals surface area contributed by atoms with Gasteiger partial charge in [0, 0.05) is 19.2 Å². The Morgan fingerprint density at radius 2 is 2.35 bits per heavy atom. The molecule has 0 N–H and O–H groups in total. The lowest BCUT2D eigenvalue weighted by atomic mass is 10.2. The minimum atomic E-state index is -0.195. The molecule has 0 saturated carbocycles. The fourth-order valence-corrected chi connectivity index (χ4v) is 1.94. The van der Waals surface area contributed by atoms with Crippen LogP contribution in [0.3, 0.4) is 0 Å². The van der Waals surface area contributed by atoms with E-state index < -0.39 is 0 Å². The predicted octanol–water partition coefficient (Wildman–Crippen LogP) is 2.92. The van der Waals surface area contributed by atoms with Gasteiger partial charge in [0.25, 0.3) is 0 Å². The van der Waals surface area contributed by atoms with Gasteiger partial charge in [0.05, 0.1) is 24.0 Å². The molecule has 17 heavy (non-hydrogen) atoms. The van der Waals surface area contributed by atoms with Crippen LogP contribution in [0.4, 0.5) is 0 Å². The number of carbonyl (C=O) groups is 1. The average Bonchev–Trinajstić information content (AvgIpc) is 2.75. The molecule has 1 aromatic rings. The van der Waals surface area contributed by atoms with Crippen LogP contribution in [0.2, 0.25) is 0 Å². The van der Waals surface area contributed by atoms with E-state index in [2.05, 4.69) is 11.9 Å². The Hall–Kier alpha value is -1.03. The molecule has 5 heteroatoms. The summed E-state index contributed by atoms with van der Waals surface area (Å²) in [6.07, 6.45) is 5.50. The van der Waals surface area contributed by atoms with Crippen molar-refractivity contribution in [3.8, 4) is 0 Å². The van der Waals surface area contributed by atoms with Crippen LogP contribution in [0.25, 0.3) is 0 Å². The number of aromatic nitrogens is 2. The molecule has 0 aromatic carbocycles. The van der Waals surface area contributed by atoms with E-state index in [4.69, 9.17) is 16.3 Å². The van der Waals surface area contributed by atoms with Crippen molar-refractivity contribution in [3.05, 3.63) is 18.2 Å². The molecule has 1 unspecified atom stereocenters. The van der Waals surface area contributed by atoms with Gasteiger partial charge in [-0.3, -0.25) is 4.79 Å². The molecule has 1 aromatic heterocycles. The van der Waals surface area contributed by atoms with Gasteiger partial charge in [0.15, 0.2) is 0 Å². The van der Waals surface area contributed by atoms with Crippen LogP contribution >= 0.6 is 11.6 Å².